The van der Waals surface area contributed by atoms with E-state index >= 15 is 0 Å². The van der Waals surface area contributed by atoms with E-state index < -0.39 is 0 Å². The first-order valence-electron chi connectivity index (χ1n) is 7.89. The zero-order chi connectivity index (χ0) is 19.2. The number of rotatable bonds is 5. The van der Waals surface area contributed by atoms with Crippen LogP contribution >= 0.6 is 23.7 Å². The minimum atomic E-state index is -0.0733. The quantitative estimate of drug-likeness (QED) is 0.287. The summed E-state index contributed by atoms with van der Waals surface area (Å²) in [5.41, 5.74) is 23.9. The van der Waals surface area contributed by atoms with Gasteiger partial charge in [-0.05, 0) is 34.2 Å². The molecule has 0 aliphatic heterocycles. The molecule has 0 spiro atoms. The molecule has 0 amide bonds. The molecule has 0 saturated heterocycles. The lowest BCUT2D eigenvalue weighted by atomic mass is 10.1. The molecule has 2 aromatic carbocycles. The van der Waals surface area contributed by atoms with E-state index in [1.54, 1.807) is 23.8 Å². The smallest absolute Gasteiger partial charge is 0.211 e. The van der Waals surface area contributed by atoms with Gasteiger partial charge in [-0.25, -0.2) is 0 Å². The molecule has 3 aromatic rings. The van der Waals surface area contributed by atoms with Gasteiger partial charge in [0, 0.05) is 9.58 Å². The van der Waals surface area contributed by atoms with Crippen molar-refractivity contribution in [3.8, 4) is 10.4 Å². The van der Waals surface area contributed by atoms with Crippen molar-refractivity contribution >= 4 is 58.2 Å². The minimum absolute atomic E-state index is 0. The highest BCUT2D eigenvalue weighted by atomic mass is 35.5. The van der Waals surface area contributed by atoms with Gasteiger partial charge in [0.25, 0.3) is 0 Å². The maximum absolute atomic E-state index is 5.26. The van der Waals surface area contributed by atoms with Crippen LogP contribution < -0.4 is 22.9 Å². The Labute approximate surface area is 171 Å². The van der Waals surface area contributed by atoms with E-state index in [1.165, 1.54) is 0 Å². The molecule has 144 valence electrons. The summed E-state index contributed by atoms with van der Waals surface area (Å²) >= 11 is 1.70. The highest BCUT2D eigenvalue weighted by molar-refractivity contribution is 7.22. The molecule has 28 heavy (non-hydrogen) atoms. The minimum Gasteiger partial charge on any atom is -0.369 e. The van der Waals surface area contributed by atoms with Crippen molar-refractivity contribution < 1.29 is 0 Å². The summed E-state index contributed by atoms with van der Waals surface area (Å²) < 4.78 is 1.15. The van der Waals surface area contributed by atoms with Crippen molar-refractivity contribution in [2.75, 3.05) is 0 Å². The Bertz CT molecular complexity index is 1060. The molecular formula is C18H19ClN8S. The van der Waals surface area contributed by atoms with Crippen LogP contribution in [-0.2, 0) is 0 Å². The predicted molar refractivity (Wildman–Crippen MR) is 121 cm³/mol. The first-order valence-corrected chi connectivity index (χ1v) is 8.71. The van der Waals surface area contributed by atoms with Gasteiger partial charge in [0.1, 0.15) is 0 Å². The maximum atomic E-state index is 5.26. The van der Waals surface area contributed by atoms with Crippen molar-refractivity contribution in [3.05, 3.63) is 59.7 Å². The molecule has 8 nitrogen and oxygen atoms in total. The maximum Gasteiger partial charge on any atom is 0.211 e. The van der Waals surface area contributed by atoms with Gasteiger partial charge in [0.05, 0.1) is 12.4 Å². The number of hydrogen-bond acceptors (Lipinski definition) is 5. The summed E-state index contributed by atoms with van der Waals surface area (Å²) in [5, 5.41) is 16.0. The van der Waals surface area contributed by atoms with Gasteiger partial charge in [0.15, 0.2) is 0 Å². The fraction of sp³-hybridized carbons (Fsp3) is 0. The van der Waals surface area contributed by atoms with Crippen molar-refractivity contribution in [2.45, 2.75) is 0 Å². The normalized spacial score (nSPS) is 10.9. The lowest BCUT2D eigenvalue weighted by Crippen LogP contribution is -2.21. The van der Waals surface area contributed by atoms with Crippen molar-refractivity contribution in [1.29, 1.82) is 0 Å². The Balaban J connectivity index is 0.00000280. The molecule has 1 aromatic heterocycles. The van der Waals surface area contributed by atoms with Gasteiger partial charge in [-0.1, -0.05) is 36.4 Å². The lowest BCUT2D eigenvalue weighted by molar-refractivity contribution is 1.21. The van der Waals surface area contributed by atoms with E-state index in [0.717, 1.165) is 31.7 Å². The number of thiophene rings is 1. The molecular weight excluding hydrogens is 396 g/mol. The molecule has 0 aliphatic carbocycles. The Morgan fingerprint density at radius 2 is 1.32 bits per heavy atom. The second-order valence-electron chi connectivity index (χ2n) is 5.57. The number of hydrogen-bond donors (Lipinski definition) is 4. The topological polar surface area (TPSA) is 154 Å². The number of benzene rings is 2. The first kappa shape index (κ1) is 20.9. The zero-order valence-electron chi connectivity index (χ0n) is 14.7. The third kappa shape index (κ3) is 5.53. The second-order valence-corrected chi connectivity index (χ2v) is 6.65. The summed E-state index contributed by atoms with van der Waals surface area (Å²) in [6.45, 7) is 0. The molecule has 0 unspecified atom stereocenters. The number of nitrogens with zero attached hydrogens (tertiary/aromatic N) is 4. The Hall–Kier alpha value is -3.43. The van der Waals surface area contributed by atoms with Gasteiger partial charge in [-0.15, -0.1) is 33.9 Å². The Kier molecular flexibility index (Phi) is 7.08. The summed E-state index contributed by atoms with van der Waals surface area (Å²) in [6, 6.07) is 16.2. The van der Waals surface area contributed by atoms with Gasteiger partial charge < -0.3 is 22.9 Å². The van der Waals surface area contributed by atoms with Crippen molar-refractivity contribution in [1.82, 2.24) is 0 Å². The third-order valence-corrected chi connectivity index (χ3v) is 4.65. The van der Waals surface area contributed by atoms with E-state index in [2.05, 4.69) is 26.5 Å². The van der Waals surface area contributed by atoms with Gasteiger partial charge >= 0.3 is 0 Å². The van der Waals surface area contributed by atoms with Crippen molar-refractivity contribution in [3.63, 3.8) is 0 Å². The van der Waals surface area contributed by atoms with Crippen LogP contribution in [0.25, 0.3) is 20.5 Å². The molecule has 0 fully saturated rings. The van der Waals surface area contributed by atoms with Crippen LogP contribution in [0.5, 0.6) is 0 Å². The fourth-order valence-corrected chi connectivity index (χ4v) is 3.44. The molecule has 1 heterocycles. The van der Waals surface area contributed by atoms with E-state index in [0.29, 0.717) is 0 Å². The largest absolute Gasteiger partial charge is 0.369 e. The summed E-state index contributed by atoms with van der Waals surface area (Å²) in [6.07, 6.45) is 3.21. The molecule has 0 saturated carbocycles. The number of nitrogens with two attached hydrogens (primary N) is 4. The predicted octanol–water partition coefficient (Wildman–Crippen LogP) is 2.20. The molecule has 10 heteroatoms. The van der Waals surface area contributed by atoms with Crippen LogP contribution in [0.15, 0.2) is 68.9 Å². The SMILES string of the molecule is Cl.NC(N)=N/N=C/c1ccc(-c2cc3ccc(/C=N/N=C(N)N)cc3s2)cc1. The summed E-state index contributed by atoms with van der Waals surface area (Å²) in [4.78, 5) is 1.16. The average molecular weight is 415 g/mol. The summed E-state index contributed by atoms with van der Waals surface area (Å²) in [7, 11) is 0. The zero-order valence-corrected chi connectivity index (χ0v) is 16.3. The summed E-state index contributed by atoms with van der Waals surface area (Å²) in [5.74, 6) is -0.145. The number of halogens is 1. The van der Waals surface area contributed by atoms with Gasteiger partial charge in [-0.2, -0.15) is 10.2 Å². The molecule has 0 atom stereocenters. The average Bonchev–Trinajstić information content (AvgIpc) is 3.05. The number of fused-ring (bicyclic) bond motifs is 1. The third-order valence-electron chi connectivity index (χ3n) is 3.50. The fourth-order valence-electron chi connectivity index (χ4n) is 2.33. The van der Waals surface area contributed by atoms with E-state index in [4.69, 9.17) is 22.9 Å². The number of guanidine groups is 2. The highest BCUT2D eigenvalue weighted by Gasteiger charge is 2.05. The lowest BCUT2D eigenvalue weighted by Gasteiger charge is -1.97. The van der Waals surface area contributed by atoms with E-state index in [1.807, 2.05) is 42.5 Å². The van der Waals surface area contributed by atoms with Crippen LogP contribution in [0.4, 0.5) is 0 Å². The van der Waals surface area contributed by atoms with Crippen LogP contribution in [0, 0.1) is 0 Å². The molecule has 3 rings (SSSR count). The van der Waals surface area contributed by atoms with E-state index in [9.17, 15) is 0 Å². The molecule has 0 aliphatic rings. The van der Waals surface area contributed by atoms with Crippen LogP contribution in [0.2, 0.25) is 0 Å². The molecule has 8 N–H and O–H groups in total. The standard InChI is InChI=1S/C18H18N8S.ClH/c19-17(20)25-23-9-11-1-4-13(5-2-11)16-8-14-6-3-12(7-15(14)27-16)10-24-26-18(21)22;/h1-10H,(H4,19,20,25)(H4,21,22,26);1H/b23-9+,24-10+;. The highest BCUT2D eigenvalue weighted by Crippen LogP contribution is 2.33. The van der Waals surface area contributed by atoms with E-state index in [-0.39, 0.29) is 24.3 Å². The van der Waals surface area contributed by atoms with Crippen LogP contribution in [-0.4, -0.2) is 24.3 Å². The van der Waals surface area contributed by atoms with Crippen LogP contribution in [0.3, 0.4) is 0 Å². The molecule has 0 bridgehead atoms. The second kappa shape index (κ2) is 9.49. The first-order chi connectivity index (χ1) is 13.0. The Morgan fingerprint density at radius 3 is 1.93 bits per heavy atom. The Morgan fingerprint density at radius 1 is 0.750 bits per heavy atom. The van der Waals surface area contributed by atoms with Crippen molar-refractivity contribution in [2.24, 2.45) is 43.3 Å². The van der Waals surface area contributed by atoms with Gasteiger partial charge in [-0.3, -0.25) is 0 Å². The molecule has 0 radical (unpaired) electrons. The van der Waals surface area contributed by atoms with Crippen LogP contribution in [0.1, 0.15) is 11.1 Å². The monoisotopic (exact) mass is 414 g/mol. The van der Waals surface area contributed by atoms with Gasteiger partial charge in [0.2, 0.25) is 11.9 Å².